The Morgan fingerprint density at radius 3 is 1.87 bits per heavy atom. The first-order chi connectivity index (χ1) is 22.2. The van der Waals surface area contributed by atoms with Crippen molar-refractivity contribution in [3.8, 4) is 0 Å². The fourth-order valence-corrected chi connectivity index (χ4v) is 5.77. The minimum Gasteiger partial charge on any atom is -0.448 e. The summed E-state index contributed by atoms with van der Waals surface area (Å²) in [5.41, 5.74) is 2.94. The number of nitrogens with zero attached hydrogens (tertiary/aromatic N) is 1. The summed E-state index contributed by atoms with van der Waals surface area (Å²) in [6, 6.07) is 27.0. The van der Waals surface area contributed by atoms with Gasteiger partial charge in [-0.1, -0.05) is 107 Å². The Bertz CT molecular complexity index is 1430. The molecule has 0 bridgehead atoms. The van der Waals surface area contributed by atoms with Crippen molar-refractivity contribution in [2.75, 3.05) is 25.2 Å². The smallest absolute Gasteiger partial charge is 0.356 e. The zero-order valence-corrected chi connectivity index (χ0v) is 28.2. The molecule has 1 heterocycles. The van der Waals surface area contributed by atoms with Crippen LogP contribution in [0.5, 0.6) is 0 Å². The number of carbonyl (C=O) groups is 3. The second kappa shape index (κ2) is 16.6. The molecule has 3 aromatic rings. The molecule has 3 aromatic carbocycles. The second-order valence-electron chi connectivity index (χ2n) is 11.0. The van der Waals surface area contributed by atoms with Crippen LogP contribution >= 0.6 is 15.9 Å². The zero-order chi connectivity index (χ0) is 33.1. The van der Waals surface area contributed by atoms with Gasteiger partial charge < -0.3 is 24.3 Å². The summed E-state index contributed by atoms with van der Waals surface area (Å²) in [5.74, 6) is -2.69. The molecule has 0 radical (unpaired) electrons. The molecule has 9 nitrogen and oxygen atoms in total. The molecule has 0 spiro atoms. The highest BCUT2D eigenvalue weighted by atomic mass is 79.9. The first-order valence-corrected chi connectivity index (χ1v) is 16.5. The van der Waals surface area contributed by atoms with E-state index < -0.39 is 36.0 Å². The van der Waals surface area contributed by atoms with Crippen LogP contribution in [0.15, 0.2) is 102 Å². The fraction of sp³-hybridized carbons (Fsp3) is 0.361. The summed E-state index contributed by atoms with van der Waals surface area (Å²) in [4.78, 5) is 42.2. The number of hydrogen-bond donors (Lipinski definition) is 1. The molecule has 0 aromatic heterocycles. The van der Waals surface area contributed by atoms with Crippen LogP contribution in [-0.2, 0) is 39.8 Å². The van der Waals surface area contributed by atoms with Gasteiger partial charge >= 0.3 is 5.97 Å². The molecule has 2 unspecified atom stereocenters. The van der Waals surface area contributed by atoms with Crippen LogP contribution < -0.4 is 5.32 Å². The van der Waals surface area contributed by atoms with Gasteiger partial charge in [0.05, 0.1) is 11.8 Å². The maximum atomic E-state index is 14.0. The highest BCUT2D eigenvalue weighted by Crippen LogP contribution is 2.34. The molecule has 1 N–H and O–H groups in total. The quantitative estimate of drug-likeness (QED) is 0.0677. The van der Waals surface area contributed by atoms with E-state index in [-0.39, 0.29) is 24.6 Å². The summed E-state index contributed by atoms with van der Waals surface area (Å²) in [5, 5.41) is 3.11. The SMILES string of the molecule is CCOC(CBr)(COC1C(NC(=O)Cc2ccccc2)C(=O)N1C(C(=O)OC(c1ccccc1)c1ccccc1)=C(C)C)OCC. The van der Waals surface area contributed by atoms with Gasteiger partial charge in [-0.2, -0.15) is 0 Å². The number of amides is 2. The number of β-lactam (4-membered cyclic amide) rings is 1. The highest BCUT2D eigenvalue weighted by Gasteiger charge is 2.54. The number of esters is 1. The van der Waals surface area contributed by atoms with Gasteiger partial charge in [0, 0.05) is 13.2 Å². The van der Waals surface area contributed by atoms with E-state index in [4.69, 9.17) is 18.9 Å². The lowest BCUT2D eigenvalue weighted by Crippen LogP contribution is -2.72. The van der Waals surface area contributed by atoms with Gasteiger partial charge in [-0.05, 0) is 50.0 Å². The van der Waals surface area contributed by atoms with E-state index in [9.17, 15) is 14.4 Å². The molecule has 46 heavy (non-hydrogen) atoms. The van der Waals surface area contributed by atoms with Crippen LogP contribution in [0.3, 0.4) is 0 Å². The number of carbonyl (C=O) groups excluding carboxylic acids is 3. The minimum absolute atomic E-state index is 0.0395. The maximum absolute atomic E-state index is 14.0. The van der Waals surface area contributed by atoms with Crippen LogP contribution in [0.4, 0.5) is 0 Å². The molecular formula is C36H41BrN2O7. The highest BCUT2D eigenvalue weighted by molar-refractivity contribution is 9.09. The van der Waals surface area contributed by atoms with Crippen LogP contribution in [0.2, 0.25) is 0 Å². The first-order valence-electron chi connectivity index (χ1n) is 15.3. The number of nitrogens with one attached hydrogen (secondary N) is 1. The second-order valence-corrected chi connectivity index (χ2v) is 11.5. The van der Waals surface area contributed by atoms with E-state index in [0.29, 0.717) is 24.1 Å². The van der Waals surface area contributed by atoms with Crippen LogP contribution in [-0.4, -0.2) is 65.9 Å². The number of benzene rings is 3. The summed E-state index contributed by atoms with van der Waals surface area (Å²) in [7, 11) is 0. The third kappa shape index (κ3) is 8.50. The fourth-order valence-electron chi connectivity index (χ4n) is 5.28. The number of halogens is 1. The van der Waals surface area contributed by atoms with Gasteiger partial charge in [-0.15, -0.1) is 0 Å². The molecule has 0 saturated carbocycles. The number of alkyl halides is 1. The van der Waals surface area contributed by atoms with E-state index in [0.717, 1.165) is 16.7 Å². The Hall–Kier alpha value is -3.83. The van der Waals surface area contributed by atoms with Crippen molar-refractivity contribution in [1.29, 1.82) is 0 Å². The Kier molecular flexibility index (Phi) is 12.7. The lowest BCUT2D eigenvalue weighted by molar-refractivity contribution is -0.263. The standard InChI is InChI=1S/C36H41BrN2O7/c1-5-44-36(23-37,45-6-2)24-43-34-30(38-29(40)22-26-16-10-7-11-17-26)33(41)39(34)31(25(3)4)35(42)46-32(27-18-12-8-13-19-27)28-20-14-9-15-21-28/h7-21,30,32,34H,5-6,22-24H2,1-4H3,(H,38,40). The third-order valence-electron chi connectivity index (χ3n) is 7.40. The molecule has 10 heteroatoms. The van der Waals surface area contributed by atoms with Crippen molar-refractivity contribution in [2.24, 2.45) is 0 Å². The number of allylic oxidation sites excluding steroid dienone is 1. The number of rotatable bonds is 16. The van der Waals surface area contributed by atoms with Gasteiger partial charge in [0.1, 0.15) is 12.3 Å². The molecule has 0 aliphatic carbocycles. The average molecular weight is 694 g/mol. The van der Waals surface area contributed by atoms with Crippen molar-refractivity contribution in [1.82, 2.24) is 10.2 Å². The van der Waals surface area contributed by atoms with Crippen LogP contribution in [0, 0.1) is 0 Å². The Morgan fingerprint density at radius 1 is 0.870 bits per heavy atom. The first kappa shape index (κ1) is 35.0. The zero-order valence-electron chi connectivity index (χ0n) is 26.6. The largest absolute Gasteiger partial charge is 0.448 e. The normalized spacial score (nSPS) is 16.1. The van der Waals surface area contributed by atoms with Crippen molar-refractivity contribution >= 4 is 33.7 Å². The molecule has 2 amide bonds. The average Bonchev–Trinajstić information content (AvgIpc) is 3.07. The molecular weight excluding hydrogens is 652 g/mol. The molecule has 4 rings (SSSR count). The summed E-state index contributed by atoms with van der Waals surface area (Å²) in [6.07, 6.45) is -1.68. The summed E-state index contributed by atoms with van der Waals surface area (Å²) in [6.45, 7) is 7.76. The van der Waals surface area contributed by atoms with Crippen LogP contribution in [0.25, 0.3) is 0 Å². The van der Waals surface area contributed by atoms with E-state index >= 15 is 0 Å². The van der Waals surface area contributed by atoms with Crippen molar-refractivity contribution < 1.29 is 33.3 Å². The topological polar surface area (TPSA) is 103 Å². The van der Waals surface area contributed by atoms with Crippen LogP contribution in [0.1, 0.15) is 50.5 Å². The Morgan fingerprint density at radius 2 is 1.39 bits per heavy atom. The Labute approximate surface area is 279 Å². The number of likely N-dealkylation sites (tertiary alicyclic amines) is 1. The molecule has 1 aliphatic rings. The van der Waals surface area contributed by atoms with Crippen molar-refractivity contribution in [3.63, 3.8) is 0 Å². The molecule has 244 valence electrons. The lowest BCUT2D eigenvalue weighted by Gasteiger charge is -2.48. The minimum atomic E-state index is -1.15. The molecule has 1 fully saturated rings. The van der Waals surface area contributed by atoms with Gasteiger partial charge in [0.25, 0.3) is 5.91 Å². The van der Waals surface area contributed by atoms with E-state index in [2.05, 4.69) is 21.2 Å². The monoisotopic (exact) mass is 692 g/mol. The van der Waals surface area contributed by atoms with Crippen molar-refractivity contribution in [3.05, 3.63) is 119 Å². The van der Waals surface area contributed by atoms with E-state index in [1.54, 1.807) is 13.8 Å². The Balaban J connectivity index is 1.63. The predicted molar refractivity (Wildman–Crippen MR) is 178 cm³/mol. The van der Waals surface area contributed by atoms with Gasteiger partial charge in [-0.3, -0.25) is 14.5 Å². The molecule has 1 aliphatic heterocycles. The summed E-state index contributed by atoms with van der Waals surface area (Å²) >= 11 is 3.47. The lowest BCUT2D eigenvalue weighted by atomic mass is 9.99. The molecule has 2 atom stereocenters. The third-order valence-corrected chi connectivity index (χ3v) is 8.25. The number of ether oxygens (including phenoxy) is 4. The predicted octanol–water partition coefficient (Wildman–Crippen LogP) is 5.69. The van der Waals surface area contributed by atoms with E-state index in [1.165, 1.54) is 4.90 Å². The number of hydrogen-bond acceptors (Lipinski definition) is 7. The van der Waals surface area contributed by atoms with Crippen molar-refractivity contribution in [2.45, 2.75) is 58.3 Å². The molecule has 1 saturated heterocycles. The summed E-state index contributed by atoms with van der Waals surface area (Å²) < 4.78 is 24.3. The van der Waals surface area contributed by atoms with Gasteiger partial charge in [0.2, 0.25) is 11.7 Å². The maximum Gasteiger partial charge on any atom is 0.356 e. The van der Waals surface area contributed by atoms with E-state index in [1.807, 2.05) is 105 Å². The van der Waals surface area contributed by atoms with Gasteiger partial charge in [-0.25, -0.2) is 4.79 Å². The van der Waals surface area contributed by atoms with Gasteiger partial charge in [0.15, 0.2) is 18.4 Å².